The van der Waals surface area contributed by atoms with Gasteiger partial charge >= 0.3 is 0 Å². The number of hydrogen-bond donors (Lipinski definition) is 1. The molecule has 0 saturated carbocycles. The van der Waals surface area contributed by atoms with Crippen LogP contribution in [0.25, 0.3) is 0 Å². The average molecular weight is 266 g/mol. The standard InChI is InChI=1S/C16H30N2O/c1-3-17-16(14-9-7-5-6-8-10-14)15-13-18(4-2)11-12-19-15/h9,15-17H,3-8,10-13H2,1-2H3. The molecule has 1 aliphatic carbocycles. The predicted molar refractivity (Wildman–Crippen MR) is 80.5 cm³/mol. The maximum Gasteiger partial charge on any atom is 0.0893 e. The topological polar surface area (TPSA) is 24.5 Å². The number of nitrogens with zero attached hydrogens (tertiary/aromatic N) is 1. The molecule has 2 rings (SSSR count). The minimum atomic E-state index is 0.331. The average Bonchev–Trinajstić information content (AvgIpc) is 2.74. The van der Waals surface area contributed by atoms with E-state index in [2.05, 4.69) is 30.1 Å². The molecule has 2 unspecified atom stereocenters. The molecule has 0 bridgehead atoms. The molecule has 0 radical (unpaired) electrons. The smallest absolute Gasteiger partial charge is 0.0893 e. The summed E-state index contributed by atoms with van der Waals surface area (Å²) in [6.45, 7) is 9.65. The number of allylic oxidation sites excluding steroid dienone is 1. The molecule has 2 atom stereocenters. The molecule has 1 saturated heterocycles. The van der Waals surface area contributed by atoms with Gasteiger partial charge in [0.15, 0.2) is 0 Å². The van der Waals surface area contributed by atoms with Gasteiger partial charge in [0.25, 0.3) is 0 Å². The fourth-order valence-electron chi connectivity index (χ4n) is 3.26. The number of nitrogens with one attached hydrogen (secondary N) is 1. The fourth-order valence-corrected chi connectivity index (χ4v) is 3.26. The second kappa shape index (κ2) is 8.03. The van der Waals surface area contributed by atoms with Gasteiger partial charge < -0.3 is 10.1 Å². The fraction of sp³-hybridized carbons (Fsp3) is 0.875. The zero-order chi connectivity index (χ0) is 13.5. The predicted octanol–water partition coefficient (Wildman–Crippen LogP) is 2.58. The maximum atomic E-state index is 6.07. The van der Waals surface area contributed by atoms with Crippen LogP contribution in [0, 0.1) is 0 Å². The molecule has 0 aromatic carbocycles. The summed E-state index contributed by atoms with van der Waals surface area (Å²) < 4.78 is 6.07. The monoisotopic (exact) mass is 266 g/mol. The lowest BCUT2D eigenvalue weighted by Gasteiger charge is -2.38. The minimum absolute atomic E-state index is 0.331. The first-order chi connectivity index (χ1) is 9.35. The Balaban J connectivity index is 2.03. The third-order valence-electron chi connectivity index (χ3n) is 4.40. The molecule has 1 aliphatic heterocycles. The lowest BCUT2D eigenvalue weighted by Crippen LogP contribution is -2.52. The molecule has 110 valence electrons. The van der Waals surface area contributed by atoms with E-state index >= 15 is 0 Å². The van der Waals surface area contributed by atoms with Crippen LogP contribution in [0.2, 0.25) is 0 Å². The summed E-state index contributed by atoms with van der Waals surface area (Å²) in [6, 6.07) is 0.428. The van der Waals surface area contributed by atoms with Crippen LogP contribution >= 0.6 is 0 Å². The van der Waals surface area contributed by atoms with Crippen LogP contribution in [-0.4, -0.2) is 49.8 Å². The Morgan fingerprint density at radius 1 is 1.37 bits per heavy atom. The zero-order valence-corrected chi connectivity index (χ0v) is 12.7. The quantitative estimate of drug-likeness (QED) is 0.774. The first-order valence-electron chi connectivity index (χ1n) is 8.11. The zero-order valence-electron chi connectivity index (χ0n) is 12.7. The molecule has 0 spiro atoms. The second-order valence-corrected chi connectivity index (χ2v) is 5.72. The van der Waals surface area contributed by atoms with E-state index in [1.165, 1.54) is 32.1 Å². The highest BCUT2D eigenvalue weighted by Gasteiger charge is 2.29. The molecule has 0 aromatic rings. The summed E-state index contributed by atoms with van der Waals surface area (Å²) in [4.78, 5) is 2.51. The molecule has 3 heteroatoms. The highest BCUT2D eigenvalue weighted by Crippen LogP contribution is 2.24. The number of hydrogen-bond acceptors (Lipinski definition) is 3. The molecular weight excluding hydrogens is 236 g/mol. The Kier molecular flexibility index (Phi) is 6.35. The molecule has 2 aliphatic rings. The van der Waals surface area contributed by atoms with Gasteiger partial charge in [0, 0.05) is 13.1 Å². The number of ether oxygens (including phenoxy) is 1. The van der Waals surface area contributed by atoms with Gasteiger partial charge in [-0.3, -0.25) is 4.90 Å². The third-order valence-corrected chi connectivity index (χ3v) is 4.40. The van der Waals surface area contributed by atoms with Crippen molar-refractivity contribution < 1.29 is 4.74 Å². The highest BCUT2D eigenvalue weighted by molar-refractivity contribution is 5.15. The minimum Gasteiger partial charge on any atom is -0.374 e. The third kappa shape index (κ3) is 4.30. The van der Waals surface area contributed by atoms with Crippen LogP contribution in [0.3, 0.4) is 0 Å². The number of morpholine rings is 1. The van der Waals surface area contributed by atoms with Crippen LogP contribution in [0.15, 0.2) is 11.6 Å². The van der Waals surface area contributed by atoms with Gasteiger partial charge in [-0.2, -0.15) is 0 Å². The van der Waals surface area contributed by atoms with Gasteiger partial charge in [-0.15, -0.1) is 0 Å². The van der Waals surface area contributed by atoms with Crippen LogP contribution < -0.4 is 5.32 Å². The summed E-state index contributed by atoms with van der Waals surface area (Å²) in [7, 11) is 0. The van der Waals surface area contributed by atoms with Gasteiger partial charge in [-0.25, -0.2) is 0 Å². The van der Waals surface area contributed by atoms with Crippen LogP contribution in [0.1, 0.15) is 46.0 Å². The van der Waals surface area contributed by atoms with E-state index < -0.39 is 0 Å². The first kappa shape index (κ1) is 15.0. The highest BCUT2D eigenvalue weighted by atomic mass is 16.5. The Labute approximate surface area is 118 Å². The van der Waals surface area contributed by atoms with E-state index in [-0.39, 0.29) is 0 Å². The van der Waals surface area contributed by atoms with Gasteiger partial charge in [0.2, 0.25) is 0 Å². The van der Waals surface area contributed by atoms with Gasteiger partial charge in [-0.1, -0.05) is 31.9 Å². The van der Waals surface area contributed by atoms with Crippen molar-refractivity contribution in [3.63, 3.8) is 0 Å². The molecule has 0 aromatic heterocycles. The summed E-state index contributed by atoms with van der Waals surface area (Å²) >= 11 is 0. The Morgan fingerprint density at radius 3 is 3.05 bits per heavy atom. The van der Waals surface area contributed by atoms with Crippen molar-refractivity contribution >= 4 is 0 Å². The van der Waals surface area contributed by atoms with E-state index in [1.54, 1.807) is 5.57 Å². The molecular formula is C16H30N2O. The van der Waals surface area contributed by atoms with Crippen molar-refractivity contribution in [1.29, 1.82) is 0 Å². The van der Waals surface area contributed by atoms with Crippen LogP contribution in [-0.2, 0) is 4.74 Å². The van der Waals surface area contributed by atoms with Crippen molar-refractivity contribution in [2.45, 2.75) is 58.1 Å². The number of likely N-dealkylation sites (N-methyl/N-ethyl adjacent to an activating group) is 2. The molecule has 1 N–H and O–H groups in total. The van der Waals surface area contributed by atoms with Crippen LogP contribution in [0.5, 0.6) is 0 Å². The van der Waals surface area contributed by atoms with E-state index in [1.807, 2.05) is 0 Å². The van der Waals surface area contributed by atoms with E-state index in [4.69, 9.17) is 4.74 Å². The second-order valence-electron chi connectivity index (χ2n) is 5.72. The van der Waals surface area contributed by atoms with Gasteiger partial charge in [0.05, 0.1) is 18.8 Å². The van der Waals surface area contributed by atoms with Crippen molar-refractivity contribution in [1.82, 2.24) is 10.2 Å². The lowest BCUT2D eigenvalue weighted by molar-refractivity contribution is -0.0391. The van der Waals surface area contributed by atoms with Crippen molar-refractivity contribution in [2.75, 3.05) is 32.8 Å². The van der Waals surface area contributed by atoms with E-state index in [0.717, 1.165) is 32.8 Å². The maximum absolute atomic E-state index is 6.07. The summed E-state index contributed by atoms with van der Waals surface area (Å²) in [6.07, 6.45) is 9.40. The molecule has 3 nitrogen and oxygen atoms in total. The Morgan fingerprint density at radius 2 is 2.26 bits per heavy atom. The van der Waals surface area contributed by atoms with Crippen molar-refractivity contribution in [3.8, 4) is 0 Å². The van der Waals surface area contributed by atoms with Crippen molar-refractivity contribution in [2.24, 2.45) is 0 Å². The van der Waals surface area contributed by atoms with Gasteiger partial charge in [-0.05, 0) is 38.8 Å². The molecule has 1 heterocycles. The van der Waals surface area contributed by atoms with Crippen molar-refractivity contribution in [3.05, 3.63) is 11.6 Å². The Hall–Kier alpha value is -0.380. The normalized spacial score (nSPS) is 27.7. The molecule has 1 fully saturated rings. The molecule has 0 amide bonds. The first-order valence-corrected chi connectivity index (χ1v) is 8.11. The summed E-state index contributed by atoms with van der Waals surface area (Å²) in [5.41, 5.74) is 1.60. The summed E-state index contributed by atoms with van der Waals surface area (Å²) in [5, 5.41) is 3.67. The lowest BCUT2D eigenvalue weighted by atomic mass is 9.96. The van der Waals surface area contributed by atoms with Crippen LogP contribution in [0.4, 0.5) is 0 Å². The largest absolute Gasteiger partial charge is 0.374 e. The van der Waals surface area contributed by atoms with E-state index in [9.17, 15) is 0 Å². The SMILES string of the molecule is CCNC(C1=CCCCCC1)C1CN(CC)CCO1. The Bertz CT molecular complexity index is 290. The van der Waals surface area contributed by atoms with Gasteiger partial charge in [0.1, 0.15) is 0 Å². The molecule has 19 heavy (non-hydrogen) atoms. The number of rotatable bonds is 5. The van der Waals surface area contributed by atoms with E-state index in [0.29, 0.717) is 12.1 Å². The summed E-state index contributed by atoms with van der Waals surface area (Å²) in [5.74, 6) is 0.